The van der Waals surface area contributed by atoms with Crippen molar-refractivity contribution in [3.05, 3.63) is 53.6 Å². The van der Waals surface area contributed by atoms with Crippen LogP contribution >= 0.6 is 0 Å². The monoisotopic (exact) mass is 309 g/mol. The average Bonchev–Trinajstić information content (AvgIpc) is 2.43. The molecule has 0 aromatic heterocycles. The molecule has 0 unspecified atom stereocenters. The maximum atomic E-state index is 13.6. The predicted molar refractivity (Wildman–Crippen MR) is 72.7 cm³/mol. The minimum absolute atomic E-state index is 0.0961. The highest BCUT2D eigenvalue weighted by Gasteiger charge is 2.19. The highest BCUT2D eigenvalue weighted by molar-refractivity contribution is 7.92. The number of nitrogen functional groups attached to an aromatic ring is 1. The smallest absolute Gasteiger partial charge is 0.262 e. The van der Waals surface area contributed by atoms with Crippen LogP contribution in [-0.4, -0.2) is 8.42 Å². The first-order valence-corrected chi connectivity index (χ1v) is 7.10. The Morgan fingerprint density at radius 2 is 1.86 bits per heavy atom. The van der Waals surface area contributed by atoms with Gasteiger partial charge in [0.1, 0.15) is 23.4 Å². The zero-order valence-corrected chi connectivity index (χ0v) is 11.3. The second-order valence-electron chi connectivity index (χ2n) is 4.06. The van der Waals surface area contributed by atoms with E-state index in [1.54, 1.807) is 0 Å². The Kier molecular flexibility index (Phi) is 3.78. The van der Waals surface area contributed by atoms with Gasteiger partial charge in [0.25, 0.3) is 10.0 Å². The van der Waals surface area contributed by atoms with E-state index >= 15 is 0 Å². The second kappa shape index (κ2) is 5.38. The van der Waals surface area contributed by atoms with Gasteiger partial charge in [-0.2, -0.15) is 5.26 Å². The topological polar surface area (TPSA) is 96.0 Å². The molecular formula is C13H9F2N3O2S. The maximum absolute atomic E-state index is 13.6. The van der Waals surface area contributed by atoms with Crippen LogP contribution in [-0.2, 0) is 10.0 Å². The number of hydrogen-bond acceptors (Lipinski definition) is 4. The van der Waals surface area contributed by atoms with Crippen molar-refractivity contribution in [1.82, 2.24) is 0 Å². The van der Waals surface area contributed by atoms with Gasteiger partial charge in [-0.25, -0.2) is 17.2 Å². The molecule has 0 aliphatic rings. The van der Waals surface area contributed by atoms with E-state index in [4.69, 9.17) is 11.0 Å². The third kappa shape index (κ3) is 2.93. The molecule has 0 bridgehead atoms. The van der Waals surface area contributed by atoms with Crippen LogP contribution in [0.1, 0.15) is 5.56 Å². The third-order valence-electron chi connectivity index (χ3n) is 2.65. The normalized spacial score (nSPS) is 10.9. The number of benzene rings is 2. The Balaban J connectivity index is 2.47. The number of hydrogen-bond donors (Lipinski definition) is 2. The molecule has 2 aromatic rings. The number of nitrogens with two attached hydrogens (primary N) is 1. The molecule has 0 spiro atoms. The quantitative estimate of drug-likeness (QED) is 0.850. The van der Waals surface area contributed by atoms with E-state index in [1.165, 1.54) is 18.2 Å². The van der Waals surface area contributed by atoms with Gasteiger partial charge in [-0.05, 0) is 30.3 Å². The van der Waals surface area contributed by atoms with Gasteiger partial charge in [-0.15, -0.1) is 0 Å². The molecule has 0 heterocycles. The van der Waals surface area contributed by atoms with E-state index < -0.39 is 32.9 Å². The minimum Gasteiger partial charge on any atom is -0.397 e. The van der Waals surface area contributed by atoms with Crippen molar-refractivity contribution in [2.45, 2.75) is 4.90 Å². The van der Waals surface area contributed by atoms with Crippen LogP contribution in [0.3, 0.4) is 0 Å². The Hall–Kier alpha value is -2.66. The van der Waals surface area contributed by atoms with E-state index in [0.29, 0.717) is 0 Å². The van der Waals surface area contributed by atoms with Gasteiger partial charge in [-0.1, -0.05) is 6.07 Å². The molecular weight excluding hydrogens is 300 g/mol. The molecule has 3 N–H and O–H groups in total. The van der Waals surface area contributed by atoms with E-state index in [-0.39, 0.29) is 10.6 Å². The molecule has 0 saturated carbocycles. The summed E-state index contributed by atoms with van der Waals surface area (Å²) < 4.78 is 53.0. The highest BCUT2D eigenvalue weighted by atomic mass is 32.2. The standard InChI is InChI=1S/C13H9F2N3O2S/c14-10-5-4-9(6-8(10)7-16)21(19,20)18-13-11(15)2-1-3-12(13)17/h1-6,18H,17H2. The van der Waals surface area contributed by atoms with Crippen molar-refractivity contribution in [3.63, 3.8) is 0 Å². The molecule has 2 aromatic carbocycles. The van der Waals surface area contributed by atoms with Crippen LogP contribution in [0, 0.1) is 23.0 Å². The Labute approximate surface area is 119 Å². The van der Waals surface area contributed by atoms with Crippen LogP contribution in [0.4, 0.5) is 20.2 Å². The molecule has 108 valence electrons. The van der Waals surface area contributed by atoms with E-state index in [2.05, 4.69) is 0 Å². The number of nitrogens with one attached hydrogen (secondary N) is 1. The van der Waals surface area contributed by atoms with Crippen LogP contribution < -0.4 is 10.5 Å². The lowest BCUT2D eigenvalue weighted by molar-refractivity contribution is 0.597. The minimum atomic E-state index is -4.20. The van der Waals surface area contributed by atoms with Crippen molar-refractivity contribution in [1.29, 1.82) is 5.26 Å². The lowest BCUT2D eigenvalue weighted by Gasteiger charge is -2.11. The summed E-state index contributed by atoms with van der Waals surface area (Å²) in [6.45, 7) is 0. The second-order valence-corrected chi connectivity index (χ2v) is 5.75. The molecule has 0 aliphatic heterocycles. The highest BCUT2D eigenvalue weighted by Crippen LogP contribution is 2.25. The number of para-hydroxylation sites is 1. The third-order valence-corrected chi connectivity index (χ3v) is 4.00. The van der Waals surface area contributed by atoms with Crippen molar-refractivity contribution in [2.75, 3.05) is 10.5 Å². The lowest BCUT2D eigenvalue weighted by atomic mass is 10.2. The number of nitrogens with zero attached hydrogens (tertiary/aromatic N) is 1. The fourth-order valence-corrected chi connectivity index (χ4v) is 2.72. The first kappa shape index (κ1) is 14.7. The van der Waals surface area contributed by atoms with Crippen LogP contribution in [0.2, 0.25) is 0 Å². The van der Waals surface area contributed by atoms with Crippen molar-refractivity contribution in [2.24, 2.45) is 0 Å². The fraction of sp³-hybridized carbons (Fsp3) is 0. The molecule has 5 nitrogen and oxygen atoms in total. The van der Waals surface area contributed by atoms with Gasteiger partial charge in [0, 0.05) is 0 Å². The Morgan fingerprint density at radius 1 is 1.14 bits per heavy atom. The number of anilines is 2. The number of sulfonamides is 1. The van der Waals surface area contributed by atoms with Gasteiger partial charge >= 0.3 is 0 Å². The van der Waals surface area contributed by atoms with Gasteiger partial charge in [0.15, 0.2) is 0 Å². The van der Waals surface area contributed by atoms with Gasteiger partial charge in [-0.3, -0.25) is 4.72 Å². The summed E-state index contributed by atoms with van der Waals surface area (Å²) in [6.07, 6.45) is 0. The Morgan fingerprint density at radius 3 is 2.48 bits per heavy atom. The molecule has 0 amide bonds. The Bertz CT molecular complexity index is 825. The summed E-state index contributed by atoms with van der Waals surface area (Å²) in [5, 5.41) is 8.70. The summed E-state index contributed by atoms with van der Waals surface area (Å²) in [7, 11) is -4.20. The lowest BCUT2D eigenvalue weighted by Crippen LogP contribution is -2.15. The van der Waals surface area contributed by atoms with Crippen LogP contribution in [0.25, 0.3) is 0 Å². The van der Waals surface area contributed by atoms with E-state index in [9.17, 15) is 17.2 Å². The molecule has 21 heavy (non-hydrogen) atoms. The fourth-order valence-electron chi connectivity index (χ4n) is 1.60. The average molecular weight is 309 g/mol. The van der Waals surface area contributed by atoms with Crippen molar-refractivity contribution >= 4 is 21.4 Å². The van der Waals surface area contributed by atoms with Gasteiger partial charge in [0.05, 0.1) is 16.1 Å². The summed E-state index contributed by atoms with van der Waals surface area (Å²) in [6, 6.07) is 7.89. The van der Waals surface area contributed by atoms with Crippen molar-refractivity contribution < 1.29 is 17.2 Å². The van der Waals surface area contributed by atoms with E-state index in [0.717, 1.165) is 24.3 Å². The first-order chi connectivity index (χ1) is 9.85. The van der Waals surface area contributed by atoms with Crippen LogP contribution in [0.15, 0.2) is 41.3 Å². The zero-order valence-electron chi connectivity index (χ0n) is 10.5. The SMILES string of the molecule is N#Cc1cc(S(=O)(=O)Nc2c(N)cccc2F)ccc1F. The maximum Gasteiger partial charge on any atom is 0.262 e. The number of halogens is 2. The summed E-state index contributed by atoms with van der Waals surface area (Å²) in [5.41, 5.74) is 4.58. The zero-order chi connectivity index (χ0) is 15.6. The van der Waals surface area contributed by atoms with Crippen molar-refractivity contribution in [3.8, 4) is 6.07 Å². The molecule has 0 radical (unpaired) electrons. The van der Waals surface area contributed by atoms with Crippen LogP contribution in [0.5, 0.6) is 0 Å². The number of nitriles is 1. The van der Waals surface area contributed by atoms with E-state index in [1.807, 2.05) is 4.72 Å². The molecule has 0 saturated heterocycles. The molecule has 0 fully saturated rings. The first-order valence-electron chi connectivity index (χ1n) is 5.61. The summed E-state index contributed by atoms with van der Waals surface area (Å²) >= 11 is 0. The summed E-state index contributed by atoms with van der Waals surface area (Å²) in [5.74, 6) is -1.69. The molecule has 8 heteroatoms. The molecule has 2 rings (SSSR count). The predicted octanol–water partition coefficient (Wildman–Crippen LogP) is 2.22. The molecule has 0 atom stereocenters. The summed E-state index contributed by atoms with van der Waals surface area (Å²) in [4.78, 5) is -0.372. The molecule has 0 aliphatic carbocycles. The van der Waals surface area contributed by atoms with Gasteiger partial charge in [0.2, 0.25) is 0 Å². The number of rotatable bonds is 3. The largest absolute Gasteiger partial charge is 0.397 e. The van der Waals surface area contributed by atoms with Gasteiger partial charge < -0.3 is 5.73 Å².